The number of aromatic nitrogens is 1. The highest BCUT2D eigenvalue weighted by Gasteiger charge is 2.26. The lowest BCUT2D eigenvalue weighted by atomic mass is 10.0. The molecule has 4 heteroatoms. The Kier molecular flexibility index (Phi) is 4.04. The lowest BCUT2D eigenvalue weighted by Crippen LogP contribution is -2.32. The molecule has 1 aromatic heterocycles. The van der Waals surface area contributed by atoms with Crippen molar-refractivity contribution in [2.75, 3.05) is 13.1 Å². The Balaban J connectivity index is 2.24. The monoisotopic (exact) mass is 250 g/mol. The maximum Gasteiger partial charge on any atom is 0.259 e. The van der Waals surface area contributed by atoms with Gasteiger partial charge in [-0.15, -0.1) is 0 Å². The summed E-state index contributed by atoms with van der Waals surface area (Å²) in [5.74, 6) is 1.01. The molecule has 0 radical (unpaired) electrons. The fourth-order valence-corrected chi connectivity index (χ4v) is 2.47. The summed E-state index contributed by atoms with van der Waals surface area (Å²) in [6, 6.07) is 0. The lowest BCUT2D eigenvalue weighted by Gasteiger charge is -2.20. The third-order valence-electron chi connectivity index (χ3n) is 3.52. The van der Waals surface area contributed by atoms with Crippen molar-refractivity contribution in [3.8, 4) is 0 Å². The van der Waals surface area contributed by atoms with Crippen LogP contribution in [0.3, 0.4) is 0 Å². The lowest BCUT2D eigenvalue weighted by molar-refractivity contribution is 0.0758. The topological polar surface area (TPSA) is 46.3 Å². The second kappa shape index (κ2) is 5.55. The van der Waals surface area contributed by atoms with Gasteiger partial charge in [-0.2, -0.15) is 0 Å². The predicted octanol–water partition coefficient (Wildman–Crippen LogP) is 3.12. The number of likely N-dealkylation sites (tertiary alicyclic amines) is 1. The summed E-state index contributed by atoms with van der Waals surface area (Å²) in [4.78, 5) is 14.5. The Bertz CT molecular complexity index is 415. The number of hydrogen-bond acceptors (Lipinski definition) is 3. The molecule has 1 saturated heterocycles. The smallest absolute Gasteiger partial charge is 0.259 e. The maximum absolute atomic E-state index is 12.6. The number of amides is 1. The van der Waals surface area contributed by atoms with Crippen LogP contribution in [0.5, 0.6) is 0 Å². The van der Waals surface area contributed by atoms with E-state index < -0.39 is 0 Å². The molecule has 1 fully saturated rings. The molecular formula is C14H22N2O2. The van der Waals surface area contributed by atoms with E-state index in [2.05, 4.69) is 5.16 Å². The number of carbonyl (C=O) groups is 1. The van der Waals surface area contributed by atoms with Crippen LogP contribution in [0.4, 0.5) is 0 Å². The third-order valence-corrected chi connectivity index (χ3v) is 3.52. The fourth-order valence-electron chi connectivity index (χ4n) is 2.47. The maximum atomic E-state index is 12.6. The summed E-state index contributed by atoms with van der Waals surface area (Å²) in [7, 11) is 0. The van der Waals surface area contributed by atoms with Crippen molar-refractivity contribution < 1.29 is 9.32 Å². The van der Waals surface area contributed by atoms with Crippen LogP contribution >= 0.6 is 0 Å². The molecule has 4 nitrogen and oxygen atoms in total. The highest BCUT2D eigenvalue weighted by atomic mass is 16.5. The van der Waals surface area contributed by atoms with Gasteiger partial charge < -0.3 is 9.42 Å². The van der Waals surface area contributed by atoms with Crippen LogP contribution in [0, 0.1) is 6.92 Å². The summed E-state index contributed by atoms with van der Waals surface area (Å²) in [5.41, 5.74) is 1.40. The van der Waals surface area contributed by atoms with E-state index in [0.29, 0.717) is 11.3 Å². The molecular weight excluding hydrogens is 228 g/mol. The van der Waals surface area contributed by atoms with E-state index in [1.807, 2.05) is 25.7 Å². The summed E-state index contributed by atoms with van der Waals surface area (Å²) < 4.78 is 5.30. The minimum absolute atomic E-state index is 0.0966. The van der Waals surface area contributed by atoms with E-state index in [1.165, 1.54) is 12.8 Å². The predicted molar refractivity (Wildman–Crippen MR) is 69.7 cm³/mol. The first kappa shape index (κ1) is 13.1. The highest BCUT2D eigenvalue weighted by molar-refractivity contribution is 5.96. The van der Waals surface area contributed by atoms with Crippen LogP contribution in [-0.4, -0.2) is 29.1 Å². The number of carbonyl (C=O) groups excluding carboxylic acids is 1. The van der Waals surface area contributed by atoms with Gasteiger partial charge in [0, 0.05) is 19.0 Å². The average Bonchev–Trinajstić information content (AvgIpc) is 2.56. The first-order chi connectivity index (χ1) is 8.61. The third kappa shape index (κ3) is 2.57. The van der Waals surface area contributed by atoms with E-state index in [9.17, 15) is 4.79 Å². The van der Waals surface area contributed by atoms with Crippen molar-refractivity contribution in [1.29, 1.82) is 0 Å². The number of hydrogen-bond donors (Lipinski definition) is 0. The molecule has 1 aliphatic heterocycles. The Hall–Kier alpha value is -1.32. The van der Waals surface area contributed by atoms with Gasteiger partial charge in [-0.3, -0.25) is 4.79 Å². The molecule has 2 heterocycles. The van der Waals surface area contributed by atoms with E-state index in [0.717, 1.165) is 31.7 Å². The highest BCUT2D eigenvalue weighted by Crippen LogP contribution is 2.24. The van der Waals surface area contributed by atoms with Crippen molar-refractivity contribution in [2.24, 2.45) is 0 Å². The SMILES string of the molecule is Cc1noc(C(C)C)c1C(=O)N1CCCCCC1. The molecule has 0 aromatic carbocycles. The molecule has 0 spiro atoms. The second-order valence-electron chi connectivity index (χ2n) is 5.37. The summed E-state index contributed by atoms with van der Waals surface area (Å²) in [6.07, 6.45) is 4.66. The minimum Gasteiger partial charge on any atom is -0.360 e. The normalized spacial score (nSPS) is 17.0. The van der Waals surface area contributed by atoms with Crippen molar-refractivity contribution in [3.63, 3.8) is 0 Å². The number of rotatable bonds is 2. The van der Waals surface area contributed by atoms with Crippen molar-refractivity contribution in [1.82, 2.24) is 10.1 Å². The van der Waals surface area contributed by atoms with Gasteiger partial charge in [0.2, 0.25) is 0 Å². The molecule has 0 aliphatic carbocycles. The zero-order chi connectivity index (χ0) is 13.1. The van der Waals surface area contributed by atoms with Gasteiger partial charge >= 0.3 is 0 Å². The number of aryl methyl sites for hydroxylation is 1. The molecule has 0 bridgehead atoms. The molecule has 18 heavy (non-hydrogen) atoms. The first-order valence-corrected chi connectivity index (χ1v) is 6.86. The van der Waals surface area contributed by atoms with Crippen molar-refractivity contribution >= 4 is 5.91 Å². The van der Waals surface area contributed by atoms with Crippen LogP contribution in [0.1, 0.15) is 67.3 Å². The van der Waals surface area contributed by atoms with Crippen LogP contribution in [0.25, 0.3) is 0 Å². The quantitative estimate of drug-likeness (QED) is 0.810. The summed E-state index contributed by atoms with van der Waals surface area (Å²) >= 11 is 0. The summed E-state index contributed by atoms with van der Waals surface area (Å²) in [5, 5.41) is 3.95. The molecule has 0 N–H and O–H groups in total. The van der Waals surface area contributed by atoms with E-state index >= 15 is 0 Å². The summed E-state index contributed by atoms with van der Waals surface area (Å²) in [6.45, 7) is 7.63. The standard InChI is InChI=1S/C14H22N2O2/c1-10(2)13-12(11(3)15-18-13)14(17)16-8-6-4-5-7-9-16/h10H,4-9H2,1-3H3. The van der Waals surface area contributed by atoms with Gasteiger partial charge in [0.15, 0.2) is 5.76 Å². The van der Waals surface area contributed by atoms with E-state index in [1.54, 1.807) is 0 Å². The van der Waals surface area contributed by atoms with E-state index in [-0.39, 0.29) is 11.8 Å². The number of nitrogens with zero attached hydrogens (tertiary/aromatic N) is 2. The molecule has 100 valence electrons. The molecule has 1 aromatic rings. The Morgan fingerprint density at radius 2 is 1.83 bits per heavy atom. The Morgan fingerprint density at radius 3 is 2.39 bits per heavy atom. The second-order valence-corrected chi connectivity index (χ2v) is 5.37. The van der Waals surface area contributed by atoms with Gasteiger partial charge in [0.25, 0.3) is 5.91 Å². The van der Waals surface area contributed by atoms with E-state index in [4.69, 9.17) is 4.52 Å². The first-order valence-electron chi connectivity index (χ1n) is 6.86. The van der Waals surface area contributed by atoms with Crippen LogP contribution in [-0.2, 0) is 0 Å². The van der Waals surface area contributed by atoms with Gasteiger partial charge in [0.05, 0.1) is 5.69 Å². The van der Waals surface area contributed by atoms with Crippen LogP contribution in [0.15, 0.2) is 4.52 Å². The molecule has 0 unspecified atom stereocenters. The Labute approximate surface area is 108 Å². The van der Waals surface area contributed by atoms with Gasteiger partial charge in [-0.25, -0.2) is 0 Å². The zero-order valence-corrected chi connectivity index (χ0v) is 11.5. The molecule has 0 saturated carbocycles. The van der Waals surface area contributed by atoms with Crippen molar-refractivity contribution in [3.05, 3.63) is 17.0 Å². The van der Waals surface area contributed by atoms with Gasteiger partial charge in [0.1, 0.15) is 5.56 Å². The van der Waals surface area contributed by atoms with Crippen molar-refractivity contribution in [2.45, 2.75) is 52.4 Å². The average molecular weight is 250 g/mol. The molecule has 2 rings (SSSR count). The minimum atomic E-state index is 0.0966. The van der Waals surface area contributed by atoms with Crippen LogP contribution < -0.4 is 0 Å². The van der Waals surface area contributed by atoms with Crippen LogP contribution in [0.2, 0.25) is 0 Å². The largest absolute Gasteiger partial charge is 0.360 e. The van der Waals surface area contributed by atoms with Gasteiger partial charge in [-0.1, -0.05) is 31.8 Å². The molecule has 1 aliphatic rings. The van der Waals surface area contributed by atoms with Gasteiger partial charge in [-0.05, 0) is 19.8 Å². The molecule has 1 amide bonds. The Morgan fingerprint density at radius 1 is 1.22 bits per heavy atom. The fraction of sp³-hybridized carbons (Fsp3) is 0.714. The molecule has 0 atom stereocenters. The zero-order valence-electron chi connectivity index (χ0n) is 11.5.